The quantitative estimate of drug-likeness (QED) is 0.506. The lowest BCUT2D eigenvalue weighted by Crippen LogP contribution is -2.24. The first-order valence-electron chi connectivity index (χ1n) is 4.86. The summed E-state index contributed by atoms with van der Waals surface area (Å²) in [6.45, 7) is 0. The van der Waals surface area contributed by atoms with Crippen molar-refractivity contribution in [3.05, 3.63) is 0 Å². The maximum absolute atomic E-state index is 10.2. The summed E-state index contributed by atoms with van der Waals surface area (Å²) in [5.74, 6) is 0.757. The molecule has 3 N–H and O–H groups in total. The molecule has 0 heterocycles. The molecule has 1 aliphatic carbocycles. The largest absolute Gasteiger partial charge is 0.350 e. The van der Waals surface area contributed by atoms with E-state index in [9.17, 15) is 4.79 Å². The molecule has 0 bridgehead atoms. The van der Waals surface area contributed by atoms with Crippen LogP contribution in [0.4, 0.5) is 4.79 Å². The highest BCUT2D eigenvalue weighted by molar-refractivity contribution is 5.72. The Bertz CT molecular complexity index is 185. The molecule has 0 radical (unpaired) electrons. The van der Waals surface area contributed by atoms with Gasteiger partial charge in [-0.3, -0.25) is 0 Å². The highest BCUT2D eigenvalue weighted by Crippen LogP contribution is 2.25. The molecule has 2 amide bonds. The van der Waals surface area contributed by atoms with Gasteiger partial charge < -0.3 is 5.73 Å². The number of carbonyl (C=O) groups excluding carboxylic acids is 1. The van der Waals surface area contributed by atoms with Crippen LogP contribution in [0.15, 0.2) is 5.10 Å². The van der Waals surface area contributed by atoms with Gasteiger partial charge in [0.25, 0.3) is 0 Å². The summed E-state index contributed by atoms with van der Waals surface area (Å²) in [5.41, 5.74) is 7.04. The number of hydrazone groups is 1. The highest BCUT2D eigenvalue weighted by atomic mass is 16.2. The Labute approximate surface area is 78.6 Å². The van der Waals surface area contributed by atoms with E-state index in [0.717, 1.165) is 12.3 Å². The Balaban J connectivity index is 2.09. The first kappa shape index (κ1) is 10.0. The Hall–Kier alpha value is -1.06. The molecule has 13 heavy (non-hydrogen) atoms. The van der Waals surface area contributed by atoms with Gasteiger partial charge in [-0.15, -0.1) is 0 Å². The van der Waals surface area contributed by atoms with Crippen molar-refractivity contribution in [3.8, 4) is 0 Å². The third kappa shape index (κ3) is 4.50. The summed E-state index contributed by atoms with van der Waals surface area (Å²) >= 11 is 0. The van der Waals surface area contributed by atoms with Crippen molar-refractivity contribution in [2.45, 2.75) is 38.5 Å². The molecule has 0 saturated heterocycles. The second-order valence-electron chi connectivity index (χ2n) is 3.53. The van der Waals surface area contributed by atoms with Crippen LogP contribution in [-0.2, 0) is 0 Å². The molecule has 0 atom stereocenters. The average Bonchev–Trinajstić information content (AvgIpc) is 2.14. The Morgan fingerprint density at radius 3 is 2.77 bits per heavy atom. The van der Waals surface area contributed by atoms with E-state index in [1.807, 2.05) is 0 Å². The van der Waals surface area contributed by atoms with Crippen molar-refractivity contribution < 1.29 is 4.79 Å². The topological polar surface area (TPSA) is 67.5 Å². The summed E-state index contributed by atoms with van der Waals surface area (Å²) in [5, 5.41) is 3.72. The minimum atomic E-state index is -0.597. The summed E-state index contributed by atoms with van der Waals surface area (Å²) in [4.78, 5) is 10.2. The normalized spacial score (nSPS) is 19.1. The van der Waals surface area contributed by atoms with E-state index in [1.54, 1.807) is 6.21 Å². The second kappa shape index (κ2) is 5.56. The monoisotopic (exact) mass is 183 g/mol. The third-order valence-electron chi connectivity index (χ3n) is 2.43. The zero-order valence-electron chi connectivity index (χ0n) is 7.83. The smallest absolute Gasteiger partial charge is 0.332 e. The molecule has 1 fully saturated rings. The van der Waals surface area contributed by atoms with Gasteiger partial charge in [0, 0.05) is 6.21 Å². The molecule has 1 rings (SSSR count). The molecule has 1 saturated carbocycles. The lowest BCUT2D eigenvalue weighted by Gasteiger charge is -2.19. The number of hydrogen-bond donors (Lipinski definition) is 2. The zero-order valence-corrected chi connectivity index (χ0v) is 7.83. The van der Waals surface area contributed by atoms with Crippen LogP contribution >= 0.6 is 0 Å². The summed E-state index contributed by atoms with van der Waals surface area (Å²) in [6.07, 6.45) is 9.34. The highest BCUT2D eigenvalue weighted by Gasteiger charge is 2.11. The van der Waals surface area contributed by atoms with E-state index in [4.69, 9.17) is 5.73 Å². The van der Waals surface area contributed by atoms with E-state index >= 15 is 0 Å². The van der Waals surface area contributed by atoms with Gasteiger partial charge in [0.1, 0.15) is 0 Å². The van der Waals surface area contributed by atoms with E-state index in [-0.39, 0.29) is 0 Å². The molecule has 0 aliphatic heterocycles. The van der Waals surface area contributed by atoms with Crippen molar-refractivity contribution in [2.75, 3.05) is 0 Å². The predicted molar refractivity (Wildman–Crippen MR) is 52.4 cm³/mol. The number of nitrogens with zero attached hydrogens (tertiary/aromatic N) is 1. The summed E-state index contributed by atoms with van der Waals surface area (Å²) < 4.78 is 0. The van der Waals surface area contributed by atoms with E-state index in [2.05, 4.69) is 10.5 Å². The number of carbonyl (C=O) groups is 1. The molecule has 4 nitrogen and oxygen atoms in total. The van der Waals surface area contributed by atoms with Crippen LogP contribution in [0.2, 0.25) is 0 Å². The molecule has 0 aromatic heterocycles. The van der Waals surface area contributed by atoms with Crippen LogP contribution in [0.5, 0.6) is 0 Å². The van der Waals surface area contributed by atoms with Crippen molar-refractivity contribution in [3.63, 3.8) is 0 Å². The minimum absolute atomic E-state index is 0.597. The molecular weight excluding hydrogens is 166 g/mol. The van der Waals surface area contributed by atoms with E-state index < -0.39 is 6.03 Å². The van der Waals surface area contributed by atoms with Gasteiger partial charge in [0.2, 0.25) is 0 Å². The SMILES string of the molecule is NC(=O)N/N=C\CC1CCCCC1. The number of hydrogen-bond acceptors (Lipinski definition) is 2. The second-order valence-corrected chi connectivity index (χ2v) is 3.53. The van der Waals surface area contributed by atoms with Crippen LogP contribution in [0, 0.1) is 5.92 Å². The first-order valence-corrected chi connectivity index (χ1v) is 4.86. The predicted octanol–water partition coefficient (Wildman–Crippen LogP) is 1.61. The van der Waals surface area contributed by atoms with E-state index in [1.165, 1.54) is 32.1 Å². The van der Waals surface area contributed by atoms with Crippen molar-refractivity contribution in [1.82, 2.24) is 5.43 Å². The summed E-state index contributed by atoms with van der Waals surface area (Å²) in [7, 11) is 0. The van der Waals surface area contributed by atoms with Crippen LogP contribution in [-0.4, -0.2) is 12.2 Å². The van der Waals surface area contributed by atoms with Crippen LogP contribution in [0.25, 0.3) is 0 Å². The number of primary amides is 1. The Morgan fingerprint density at radius 2 is 2.15 bits per heavy atom. The maximum atomic E-state index is 10.2. The third-order valence-corrected chi connectivity index (χ3v) is 2.43. The number of urea groups is 1. The molecule has 74 valence electrons. The standard InChI is InChI=1S/C9H17N3O/c10-9(13)12-11-7-6-8-4-2-1-3-5-8/h7-8H,1-6H2,(H3,10,12,13)/b11-7-. The van der Waals surface area contributed by atoms with Crippen LogP contribution in [0.3, 0.4) is 0 Å². The fourth-order valence-corrected chi connectivity index (χ4v) is 1.73. The summed E-state index contributed by atoms with van der Waals surface area (Å²) in [6, 6.07) is -0.597. The average molecular weight is 183 g/mol. The van der Waals surface area contributed by atoms with Gasteiger partial charge in [-0.2, -0.15) is 5.10 Å². The minimum Gasteiger partial charge on any atom is -0.350 e. The van der Waals surface area contributed by atoms with Gasteiger partial charge in [0.15, 0.2) is 0 Å². The molecule has 0 spiro atoms. The molecule has 0 aromatic rings. The van der Waals surface area contributed by atoms with Gasteiger partial charge >= 0.3 is 6.03 Å². The lowest BCUT2D eigenvalue weighted by atomic mass is 9.87. The molecular formula is C9H17N3O. The number of rotatable bonds is 3. The van der Waals surface area contributed by atoms with Gasteiger partial charge in [-0.1, -0.05) is 32.1 Å². The molecule has 1 aliphatic rings. The molecule has 0 aromatic carbocycles. The van der Waals surface area contributed by atoms with Gasteiger partial charge in [-0.05, 0) is 12.3 Å². The van der Waals surface area contributed by atoms with E-state index in [0.29, 0.717) is 0 Å². The number of nitrogens with one attached hydrogen (secondary N) is 1. The maximum Gasteiger partial charge on any atom is 0.332 e. The van der Waals surface area contributed by atoms with Crippen LogP contribution < -0.4 is 11.2 Å². The molecule has 4 heteroatoms. The first-order chi connectivity index (χ1) is 6.29. The molecule has 0 unspecified atom stereocenters. The fraction of sp³-hybridized carbons (Fsp3) is 0.778. The van der Waals surface area contributed by atoms with Crippen molar-refractivity contribution in [1.29, 1.82) is 0 Å². The Morgan fingerprint density at radius 1 is 1.46 bits per heavy atom. The zero-order chi connectivity index (χ0) is 9.52. The van der Waals surface area contributed by atoms with Gasteiger partial charge in [-0.25, -0.2) is 10.2 Å². The van der Waals surface area contributed by atoms with Crippen LogP contribution in [0.1, 0.15) is 38.5 Å². The Kier molecular flexibility index (Phi) is 4.29. The lowest BCUT2D eigenvalue weighted by molar-refractivity contribution is 0.249. The van der Waals surface area contributed by atoms with Crippen molar-refractivity contribution in [2.24, 2.45) is 16.8 Å². The fourth-order valence-electron chi connectivity index (χ4n) is 1.73. The van der Waals surface area contributed by atoms with Gasteiger partial charge in [0.05, 0.1) is 0 Å². The number of amides is 2. The number of nitrogens with two attached hydrogens (primary N) is 1. The van der Waals surface area contributed by atoms with Crippen molar-refractivity contribution >= 4 is 12.2 Å².